The van der Waals surface area contributed by atoms with Gasteiger partial charge in [-0.15, -0.1) is 0 Å². The van der Waals surface area contributed by atoms with E-state index in [9.17, 15) is 0 Å². The van der Waals surface area contributed by atoms with Gasteiger partial charge in [0.2, 0.25) is 0 Å². The van der Waals surface area contributed by atoms with Gasteiger partial charge in [-0.1, -0.05) is 141 Å². The SMILES string of the molecule is CC1(C)c2ccccc2-c2cc(-c3ccc(-n4c5ccccc5c5cc(-c6ccc(Nc7ccccc7)c(-c7ccccc7)c6)ccc54)cc3)ccc21. The van der Waals surface area contributed by atoms with E-state index in [-0.39, 0.29) is 5.41 Å². The molecule has 0 radical (unpaired) electrons. The summed E-state index contributed by atoms with van der Waals surface area (Å²) in [6.45, 7) is 4.67. The molecule has 0 amide bonds. The maximum absolute atomic E-state index is 3.65. The molecule has 0 unspecified atom stereocenters. The Hall–Kier alpha value is -6.64. The Morgan fingerprint density at radius 2 is 0.981 bits per heavy atom. The van der Waals surface area contributed by atoms with Crippen LogP contribution in [-0.2, 0) is 5.41 Å². The molecular weight excluding hydrogens is 641 g/mol. The zero-order valence-electron chi connectivity index (χ0n) is 29.8. The number of nitrogens with one attached hydrogen (secondary N) is 1. The predicted molar refractivity (Wildman–Crippen MR) is 224 cm³/mol. The molecule has 2 heteroatoms. The predicted octanol–water partition coefficient (Wildman–Crippen LogP) is 13.8. The first kappa shape index (κ1) is 31.1. The summed E-state index contributed by atoms with van der Waals surface area (Å²) < 4.78 is 2.40. The average molecular weight is 679 g/mol. The van der Waals surface area contributed by atoms with E-state index >= 15 is 0 Å². The number of hydrogen-bond donors (Lipinski definition) is 1. The van der Waals surface area contributed by atoms with Crippen LogP contribution in [0.25, 0.3) is 72.0 Å². The first-order valence-corrected chi connectivity index (χ1v) is 18.4. The molecule has 0 aliphatic heterocycles. The van der Waals surface area contributed by atoms with E-state index in [1.54, 1.807) is 0 Å². The fourth-order valence-electron chi connectivity index (χ4n) is 8.50. The van der Waals surface area contributed by atoms with E-state index in [0.29, 0.717) is 0 Å². The van der Waals surface area contributed by atoms with Gasteiger partial charge in [0.25, 0.3) is 0 Å². The summed E-state index contributed by atoms with van der Waals surface area (Å²) in [6, 6.07) is 68.4. The molecule has 10 rings (SSSR count). The van der Waals surface area contributed by atoms with E-state index in [1.807, 2.05) is 6.07 Å². The van der Waals surface area contributed by atoms with Crippen LogP contribution >= 0.6 is 0 Å². The molecule has 9 aromatic rings. The largest absolute Gasteiger partial charge is 0.355 e. The molecule has 0 saturated heterocycles. The van der Waals surface area contributed by atoms with Gasteiger partial charge >= 0.3 is 0 Å². The Morgan fingerprint density at radius 1 is 0.396 bits per heavy atom. The highest BCUT2D eigenvalue weighted by Crippen LogP contribution is 2.49. The smallest absolute Gasteiger partial charge is 0.0541 e. The van der Waals surface area contributed by atoms with Crippen LogP contribution in [0.2, 0.25) is 0 Å². The van der Waals surface area contributed by atoms with Gasteiger partial charge < -0.3 is 9.88 Å². The quantitative estimate of drug-likeness (QED) is 0.185. The zero-order chi connectivity index (χ0) is 35.5. The molecule has 0 saturated carbocycles. The van der Waals surface area contributed by atoms with Crippen molar-refractivity contribution in [3.8, 4) is 50.2 Å². The lowest BCUT2D eigenvalue weighted by molar-refractivity contribution is 0.660. The minimum atomic E-state index is 0.0118. The second-order valence-electron chi connectivity index (χ2n) is 14.7. The third kappa shape index (κ3) is 5.18. The van der Waals surface area contributed by atoms with Crippen LogP contribution in [0, 0.1) is 0 Å². The lowest BCUT2D eigenvalue weighted by Crippen LogP contribution is -2.14. The molecule has 0 atom stereocenters. The maximum atomic E-state index is 3.65. The van der Waals surface area contributed by atoms with Gasteiger partial charge in [0, 0.05) is 38.8 Å². The van der Waals surface area contributed by atoms with E-state index in [1.165, 1.54) is 77.4 Å². The van der Waals surface area contributed by atoms with Gasteiger partial charge in [0.15, 0.2) is 0 Å². The summed E-state index contributed by atoms with van der Waals surface area (Å²) in [5, 5.41) is 6.15. The van der Waals surface area contributed by atoms with Crippen LogP contribution in [0.4, 0.5) is 11.4 Å². The van der Waals surface area contributed by atoms with Crippen LogP contribution in [0.15, 0.2) is 188 Å². The molecule has 1 aliphatic carbocycles. The molecule has 0 spiro atoms. The van der Waals surface area contributed by atoms with E-state index in [0.717, 1.165) is 17.1 Å². The molecule has 252 valence electrons. The third-order valence-corrected chi connectivity index (χ3v) is 11.2. The van der Waals surface area contributed by atoms with Crippen LogP contribution in [0.5, 0.6) is 0 Å². The topological polar surface area (TPSA) is 17.0 Å². The van der Waals surface area contributed by atoms with Crippen molar-refractivity contribution in [3.63, 3.8) is 0 Å². The molecule has 1 aliphatic rings. The number of rotatable bonds is 6. The van der Waals surface area contributed by atoms with Gasteiger partial charge in [-0.05, 0) is 111 Å². The minimum Gasteiger partial charge on any atom is -0.355 e. The molecule has 1 aromatic heterocycles. The summed E-state index contributed by atoms with van der Waals surface area (Å²) in [6.07, 6.45) is 0. The Kier molecular flexibility index (Phi) is 7.19. The summed E-state index contributed by atoms with van der Waals surface area (Å²) in [5.41, 5.74) is 18.4. The highest BCUT2D eigenvalue weighted by Gasteiger charge is 2.35. The van der Waals surface area contributed by atoms with Crippen molar-refractivity contribution in [2.45, 2.75) is 19.3 Å². The highest BCUT2D eigenvalue weighted by atomic mass is 15.0. The maximum Gasteiger partial charge on any atom is 0.0541 e. The van der Waals surface area contributed by atoms with Crippen molar-refractivity contribution < 1.29 is 0 Å². The Balaban J connectivity index is 1.04. The Labute approximate surface area is 310 Å². The van der Waals surface area contributed by atoms with Gasteiger partial charge in [0.1, 0.15) is 0 Å². The Bertz CT molecular complexity index is 2810. The molecule has 2 nitrogen and oxygen atoms in total. The van der Waals surface area contributed by atoms with Crippen LogP contribution in [0.1, 0.15) is 25.0 Å². The van der Waals surface area contributed by atoms with Gasteiger partial charge in [0.05, 0.1) is 11.0 Å². The number of fused-ring (bicyclic) bond motifs is 6. The second-order valence-corrected chi connectivity index (χ2v) is 14.7. The van der Waals surface area contributed by atoms with Crippen LogP contribution in [-0.4, -0.2) is 4.57 Å². The molecule has 1 heterocycles. The van der Waals surface area contributed by atoms with E-state index in [4.69, 9.17) is 0 Å². The summed E-state index contributed by atoms with van der Waals surface area (Å²) >= 11 is 0. The van der Waals surface area contributed by atoms with Gasteiger partial charge in [-0.2, -0.15) is 0 Å². The van der Waals surface area contributed by atoms with Crippen molar-refractivity contribution in [1.29, 1.82) is 0 Å². The lowest BCUT2D eigenvalue weighted by atomic mass is 9.82. The molecule has 0 fully saturated rings. The molecule has 1 N–H and O–H groups in total. The minimum absolute atomic E-state index is 0.0118. The molecule has 53 heavy (non-hydrogen) atoms. The third-order valence-electron chi connectivity index (χ3n) is 11.2. The fourth-order valence-corrected chi connectivity index (χ4v) is 8.50. The average Bonchev–Trinajstić information content (AvgIpc) is 3.66. The van der Waals surface area contributed by atoms with Gasteiger partial charge in [-0.3, -0.25) is 0 Å². The van der Waals surface area contributed by atoms with Crippen LogP contribution < -0.4 is 5.32 Å². The first-order chi connectivity index (χ1) is 26.0. The standard InChI is InChI=1S/C51H38N2/c1-51(2)46-19-11-9-17-41(46)44-32-36(23-28-47(44)51)34-21-26-40(27-22-34)53-49-20-12-10-18-42(49)45-33-38(25-30-50(45)53)37-24-29-48(52-39-15-7-4-8-16-39)43(31-37)35-13-5-3-6-14-35/h3-33,52H,1-2H3. The zero-order valence-corrected chi connectivity index (χ0v) is 29.8. The number of para-hydroxylation sites is 2. The van der Waals surface area contributed by atoms with Crippen molar-refractivity contribution in [2.75, 3.05) is 5.32 Å². The number of nitrogens with zero attached hydrogens (tertiary/aromatic N) is 1. The first-order valence-electron chi connectivity index (χ1n) is 18.4. The van der Waals surface area contributed by atoms with Crippen LogP contribution in [0.3, 0.4) is 0 Å². The summed E-state index contributed by atoms with van der Waals surface area (Å²) in [7, 11) is 0. The van der Waals surface area contributed by atoms with E-state index in [2.05, 4.69) is 206 Å². The normalized spacial score (nSPS) is 12.9. The molecule has 8 aromatic carbocycles. The monoisotopic (exact) mass is 678 g/mol. The number of hydrogen-bond acceptors (Lipinski definition) is 1. The lowest BCUT2D eigenvalue weighted by Gasteiger charge is -2.21. The molecule has 0 bridgehead atoms. The van der Waals surface area contributed by atoms with E-state index < -0.39 is 0 Å². The van der Waals surface area contributed by atoms with Crippen molar-refractivity contribution in [1.82, 2.24) is 4.57 Å². The van der Waals surface area contributed by atoms with Gasteiger partial charge in [-0.25, -0.2) is 0 Å². The Morgan fingerprint density at radius 3 is 1.81 bits per heavy atom. The highest BCUT2D eigenvalue weighted by molar-refractivity contribution is 6.10. The summed E-state index contributed by atoms with van der Waals surface area (Å²) in [4.78, 5) is 0. The number of anilines is 2. The summed E-state index contributed by atoms with van der Waals surface area (Å²) in [5.74, 6) is 0. The molecular formula is C51H38N2. The number of benzene rings is 8. The van der Waals surface area contributed by atoms with Crippen molar-refractivity contribution in [2.24, 2.45) is 0 Å². The van der Waals surface area contributed by atoms with Crippen molar-refractivity contribution >= 4 is 33.2 Å². The number of aromatic nitrogens is 1. The van der Waals surface area contributed by atoms with Crippen molar-refractivity contribution in [3.05, 3.63) is 199 Å². The fraction of sp³-hybridized carbons (Fsp3) is 0.0588. The second kappa shape index (κ2) is 12.3.